The van der Waals surface area contributed by atoms with E-state index in [9.17, 15) is 23.2 Å². The minimum absolute atomic E-state index is 0.0579. The molecule has 0 unspecified atom stereocenters. The monoisotopic (exact) mass is 631 g/mol. The third-order valence-electron chi connectivity index (χ3n) is 6.66. The number of benzene rings is 1. The van der Waals surface area contributed by atoms with E-state index in [1.807, 2.05) is 0 Å². The SMILES string of the molecule is C1COCCO1.O=C1CCN(C(=O)Cn2cc(NC(=O)c3cnn4cccnc34)c(-c3cc(Cl)ccc3OC(F)F)n2)CC1. The van der Waals surface area contributed by atoms with Crippen LogP contribution < -0.4 is 10.1 Å². The topological polar surface area (TPSA) is 142 Å². The van der Waals surface area contributed by atoms with Gasteiger partial charge in [0.25, 0.3) is 5.91 Å². The first kappa shape index (κ1) is 31.0. The van der Waals surface area contributed by atoms with E-state index in [0.717, 1.165) is 26.4 Å². The number of carbonyl (C=O) groups is 3. The van der Waals surface area contributed by atoms with Gasteiger partial charge in [0.05, 0.1) is 38.3 Å². The molecule has 0 atom stereocenters. The van der Waals surface area contributed by atoms with Gasteiger partial charge in [-0.3, -0.25) is 19.1 Å². The fourth-order valence-electron chi connectivity index (χ4n) is 4.54. The van der Waals surface area contributed by atoms with Crippen molar-refractivity contribution < 1.29 is 37.4 Å². The van der Waals surface area contributed by atoms with Crippen LogP contribution in [0.4, 0.5) is 14.5 Å². The summed E-state index contributed by atoms with van der Waals surface area (Å²) in [6.07, 6.45) is 6.45. The van der Waals surface area contributed by atoms with Crippen molar-refractivity contribution in [1.82, 2.24) is 29.3 Å². The second-order valence-electron chi connectivity index (χ2n) is 9.65. The van der Waals surface area contributed by atoms with Gasteiger partial charge in [0.1, 0.15) is 29.3 Å². The zero-order chi connectivity index (χ0) is 31.1. The van der Waals surface area contributed by atoms with E-state index in [4.69, 9.17) is 21.1 Å². The third kappa shape index (κ3) is 7.72. The fourth-order valence-corrected chi connectivity index (χ4v) is 4.71. The molecule has 2 saturated heterocycles. The first-order chi connectivity index (χ1) is 21.3. The Hall–Kier alpha value is -4.47. The lowest BCUT2D eigenvalue weighted by atomic mass is 10.1. The van der Waals surface area contributed by atoms with Gasteiger partial charge in [-0.1, -0.05) is 11.6 Å². The molecule has 0 bridgehead atoms. The van der Waals surface area contributed by atoms with E-state index in [2.05, 4.69) is 25.2 Å². The Morgan fingerprint density at radius 2 is 1.84 bits per heavy atom. The van der Waals surface area contributed by atoms with Crippen LogP contribution in [0.3, 0.4) is 0 Å². The lowest BCUT2D eigenvalue weighted by Crippen LogP contribution is -2.40. The Morgan fingerprint density at radius 1 is 1.11 bits per heavy atom. The van der Waals surface area contributed by atoms with Gasteiger partial charge in [-0.05, 0) is 24.3 Å². The highest BCUT2D eigenvalue weighted by Gasteiger charge is 2.25. The first-order valence-electron chi connectivity index (χ1n) is 13.7. The van der Waals surface area contributed by atoms with Crippen LogP contribution in [-0.4, -0.2) is 93.0 Å². The number of halogens is 3. The number of hydrogen-bond donors (Lipinski definition) is 1. The van der Waals surface area contributed by atoms with Crippen LogP contribution in [0.1, 0.15) is 23.2 Å². The Labute approximate surface area is 254 Å². The first-order valence-corrected chi connectivity index (χ1v) is 14.0. The second kappa shape index (κ2) is 14.3. The number of aromatic nitrogens is 5. The van der Waals surface area contributed by atoms with Crippen molar-refractivity contribution in [3.8, 4) is 17.0 Å². The smallest absolute Gasteiger partial charge is 0.387 e. The minimum atomic E-state index is -3.12. The molecule has 2 aliphatic rings. The van der Waals surface area contributed by atoms with Crippen LogP contribution in [0.15, 0.2) is 49.1 Å². The number of hydrogen-bond acceptors (Lipinski definition) is 9. The van der Waals surface area contributed by atoms with Gasteiger partial charge < -0.3 is 24.4 Å². The van der Waals surface area contributed by atoms with Crippen molar-refractivity contribution in [2.45, 2.75) is 26.0 Å². The van der Waals surface area contributed by atoms with Gasteiger partial charge in [-0.25, -0.2) is 9.50 Å². The van der Waals surface area contributed by atoms with Crippen molar-refractivity contribution >= 4 is 40.5 Å². The van der Waals surface area contributed by atoms with Crippen LogP contribution in [0.2, 0.25) is 5.02 Å². The van der Waals surface area contributed by atoms with Crippen LogP contribution in [0.5, 0.6) is 5.75 Å². The maximum Gasteiger partial charge on any atom is 0.387 e. The highest BCUT2D eigenvalue weighted by atomic mass is 35.5. The molecule has 2 amide bonds. The van der Waals surface area contributed by atoms with Gasteiger partial charge in [-0.15, -0.1) is 0 Å². The van der Waals surface area contributed by atoms with Gasteiger partial charge in [-0.2, -0.15) is 19.0 Å². The summed E-state index contributed by atoms with van der Waals surface area (Å²) in [7, 11) is 0. The number of alkyl halides is 2. The molecule has 1 N–H and O–H groups in total. The molecule has 1 aromatic carbocycles. The number of Topliss-reactive ketones (excluding diaryl/α,β-unsaturated/α-hetero) is 1. The summed E-state index contributed by atoms with van der Waals surface area (Å²) in [5, 5.41) is 11.4. The average molecular weight is 632 g/mol. The van der Waals surface area contributed by atoms with Crippen molar-refractivity contribution in [3.63, 3.8) is 0 Å². The molecule has 13 nitrogen and oxygen atoms in total. The predicted octanol–water partition coefficient (Wildman–Crippen LogP) is 3.32. The molecule has 44 heavy (non-hydrogen) atoms. The quantitative estimate of drug-likeness (QED) is 0.325. The summed E-state index contributed by atoms with van der Waals surface area (Å²) in [6, 6.07) is 5.67. The minimum Gasteiger partial charge on any atom is -0.434 e. The Bertz CT molecular complexity index is 1620. The number of nitrogens with zero attached hydrogens (tertiary/aromatic N) is 6. The summed E-state index contributed by atoms with van der Waals surface area (Å²) in [5.74, 6) is -0.996. The van der Waals surface area contributed by atoms with Crippen LogP contribution in [0.25, 0.3) is 16.9 Å². The maximum absolute atomic E-state index is 13.2. The number of ketones is 1. The molecule has 3 aromatic heterocycles. The Morgan fingerprint density at radius 3 is 2.52 bits per heavy atom. The molecule has 232 valence electrons. The van der Waals surface area contributed by atoms with Gasteiger partial charge in [0.15, 0.2) is 5.65 Å². The zero-order valence-corrected chi connectivity index (χ0v) is 24.1. The van der Waals surface area contributed by atoms with Crippen LogP contribution in [-0.2, 0) is 25.6 Å². The molecule has 0 aliphatic carbocycles. The van der Waals surface area contributed by atoms with Gasteiger partial charge in [0, 0.05) is 55.1 Å². The van der Waals surface area contributed by atoms with E-state index in [-0.39, 0.29) is 64.4 Å². The molecule has 4 aromatic rings. The van der Waals surface area contributed by atoms with E-state index >= 15 is 0 Å². The predicted molar refractivity (Wildman–Crippen MR) is 153 cm³/mol. The lowest BCUT2D eigenvalue weighted by Gasteiger charge is -2.25. The summed E-state index contributed by atoms with van der Waals surface area (Å²) in [6.45, 7) is 0.388. The number of likely N-dealkylation sites (tertiary alicyclic amines) is 1. The number of piperidine rings is 1. The second-order valence-corrected chi connectivity index (χ2v) is 10.1. The largest absolute Gasteiger partial charge is 0.434 e. The van der Waals surface area contributed by atoms with Crippen LogP contribution >= 0.6 is 11.6 Å². The molecule has 6 rings (SSSR count). The molecule has 0 spiro atoms. The summed E-state index contributed by atoms with van der Waals surface area (Å²) < 4.78 is 43.5. The number of ether oxygens (including phenoxy) is 3. The van der Waals surface area contributed by atoms with Crippen molar-refractivity contribution in [3.05, 3.63) is 59.6 Å². The van der Waals surface area contributed by atoms with Gasteiger partial charge in [0.2, 0.25) is 5.91 Å². The molecule has 16 heteroatoms. The molecular weight excluding hydrogens is 604 g/mol. The summed E-state index contributed by atoms with van der Waals surface area (Å²) in [4.78, 5) is 43.3. The number of rotatable bonds is 7. The highest BCUT2D eigenvalue weighted by molar-refractivity contribution is 6.31. The number of carbonyl (C=O) groups excluding carboxylic acids is 3. The fraction of sp³-hybridized carbons (Fsp3) is 0.357. The summed E-state index contributed by atoms with van der Waals surface area (Å²) in [5.41, 5.74) is 0.725. The third-order valence-corrected chi connectivity index (χ3v) is 6.90. The van der Waals surface area contributed by atoms with E-state index in [1.165, 1.54) is 46.0 Å². The van der Waals surface area contributed by atoms with E-state index in [0.29, 0.717) is 18.7 Å². The number of nitrogens with one attached hydrogen (secondary N) is 1. The standard InChI is InChI=1S/C24H20ClF2N7O4.C4H8O2/c25-14-2-3-19(38-24(26)27)16(10-14)21-18(30-23(37)17-11-29-34-7-1-6-28-22(17)34)12-33(31-21)13-20(36)32-8-4-15(35)5-9-32;1-2-6-4-3-5-1/h1-3,6-7,10-12,24H,4-5,8-9,13H2,(H,30,37);1-4H2. The Balaban J connectivity index is 0.000000573. The number of amides is 2. The number of fused-ring (bicyclic) bond motifs is 1. The molecule has 0 saturated carbocycles. The zero-order valence-electron chi connectivity index (χ0n) is 23.3. The average Bonchev–Trinajstić information content (AvgIpc) is 3.63. The molecule has 0 radical (unpaired) electrons. The van der Waals surface area contributed by atoms with Crippen molar-refractivity contribution in [2.75, 3.05) is 44.8 Å². The van der Waals surface area contributed by atoms with E-state index in [1.54, 1.807) is 17.2 Å². The molecule has 5 heterocycles. The highest BCUT2D eigenvalue weighted by Crippen LogP contribution is 2.37. The van der Waals surface area contributed by atoms with Crippen LogP contribution in [0, 0.1) is 0 Å². The summed E-state index contributed by atoms with van der Waals surface area (Å²) >= 11 is 6.14. The maximum atomic E-state index is 13.2. The lowest BCUT2D eigenvalue weighted by molar-refractivity contribution is -0.135. The molecular formula is C28H28ClF2N7O6. The molecule has 2 aliphatic heterocycles. The molecule has 2 fully saturated rings. The normalized spacial score (nSPS) is 15.2. The van der Waals surface area contributed by atoms with Crippen molar-refractivity contribution in [1.29, 1.82) is 0 Å². The number of anilines is 1. The van der Waals surface area contributed by atoms with Crippen molar-refractivity contribution in [2.24, 2.45) is 0 Å². The van der Waals surface area contributed by atoms with Gasteiger partial charge >= 0.3 is 6.61 Å². The van der Waals surface area contributed by atoms with E-state index < -0.39 is 12.5 Å². The Kier molecular flexibility index (Phi) is 10.1.